The second-order valence-corrected chi connectivity index (χ2v) is 26.8. The highest BCUT2D eigenvalue weighted by Crippen LogP contribution is 2.51. The molecule has 2 aromatic heterocycles. The lowest BCUT2D eigenvalue weighted by molar-refractivity contribution is 0.668. The van der Waals surface area contributed by atoms with E-state index in [0.29, 0.717) is 0 Å². The van der Waals surface area contributed by atoms with Crippen molar-refractivity contribution in [1.29, 1.82) is 0 Å². The molecule has 0 unspecified atom stereocenters. The largest absolute Gasteiger partial charge is 0.456 e. The maximum atomic E-state index is 6.88. The summed E-state index contributed by atoms with van der Waals surface area (Å²) in [7, 11) is 0. The monoisotopic (exact) mass is 1290 g/mol. The highest BCUT2D eigenvalue weighted by molar-refractivity contribution is 6.25. The first kappa shape index (κ1) is 58.7. The van der Waals surface area contributed by atoms with Gasteiger partial charge in [-0.05, 0) is 226 Å². The molecule has 0 aliphatic rings. The van der Waals surface area contributed by atoms with Crippen molar-refractivity contribution in [2.45, 2.75) is 0 Å². The Morgan fingerprint density at radius 2 is 0.471 bits per heavy atom. The van der Waals surface area contributed by atoms with E-state index in [1.165, 1.54) is 104 Å². The van der Waals surface area contributed by atoms with Crippen LogP contribution in [0.1, 0.15) is 0 Å². The molecule has 0 aliphatic heterocycles. The lowest BCUT2D eigenvalue weighted by Gasteiger charge is -2.19. The van der Waals surface area contributed by atoms with Gasteiger partial charge in [0, 0.05) is 21.5 Å². The number of rotatable bonds is 11. The van der Waals surface area contributed by atoms with Gasteiger partial charge in [-0.25, -0.2) is 0 Å². The van der Waals surface area contributed by atoms with Crippen LogP contribution in [0.25, 0.3) is 209 Å². The van der Waals surface area contributed by atoms with Gasteiger partial charge in [0.1, 0.15) is 22.3 Å². The molecule has 0 spiro atoms. The van der Waals surface area contributed by atoms with Crippen molar-refractivity contribution in [2.24, 2.45) is 0 Å². The molecule has 0 amide bonds. The average Bonchev–Trinajstić information content (AvgIpc) is 1.01. The predicted molar refractivity (Wildman–Crippen MR) is 431 cm³/mol. The minimum atomic E-state index is 0.852. The summed E-state index contributed by atoms with van der Waals surface area (Å²) in [5.41, 5.74) is 29.0. The topological polar surface area (TPSA) is 26.3 Å². The van der Waals surface area contributed by atoms with Gasteiger partial charge in [-0.15, -0.1) is 0 Å². The number of hydrogen-bond donors (Lipinski definition) is 0. The summed E-state index contributed by atoms with van der Waals surface area (Å²) in [6.45, 7) is 0. The zero-order chi connectivity index (χ0) is 67.2. The molecule has 0 bridgehead atoms. The molecule has 0 fully saturated rings. The summed E-state index contributed by atoms with van der Waals surface area (Å²) in [5.74, 6) is 0. The first-order chi connectivity index (χ1) is 50.6. The van der Waals surface area contributed by atoms with E-state index in [0.717, 1.165) is 105 Å². The Balaban J connectivity index is 0.744. The molecular formula is C100H62O2. The third-order valence-electron chi connectivity index (χ3n) is 21.1. The Morgan fingerprint density at radius 1 is 0.127 bits per heavy atom. The van der Waals surface area contributed by atoms with E-state index >= 15 is 0 Å². The van der Waals surface area contributed by atoms with Crippen LogP contribution in [0, 0.1) is 0 Å². The van der Waals surface area contributed by atoms with Crippen molar-refractivity contribution < 1.29 is 8.83 Å². The Morgan fingerprint density at radius 3 is 1.05 bits per heavy atom. The molecule has 0 N–H and O–H groups in total. The molecule has 0 aliphatic carbocycles. The van der Waals surface area contributed by atoms with Crippen LogP contribution in [-0.4, -0.2) is 0 Å². The van der Waals surface area contributed by atoms with E-state index in [4.69, 9.17) is 8.83 Å². The van der Waals surface area contributed by atoms with Gasteiger partial charge in [0.25, 0.3) is 0 Å². The fourth-order valence-corrected chi connectivity index (χ4v) is 16.5. The molecule has 2 nitrogen and oxygen atoms in total. The van der Waals surface area contributed by atoms with Crippen molar-refractivity contribution in [2.75, 3.05) is 0 Å². The van der Waals surface area contributed by atoms with Gasteiger partial charge in [-0.2, -0.15) is 0 Å². The molecule has 20 rings (SSSR count). The molecular weight excluding hydrogens is 1230 g/mol. The molecule has 18 aromatic carbocycles. The van der Waals surface area contributed by atoms with E-state index < -0.39 is 0 Å². The molecule has 20 aromatic rings. The van der Waals surface area contributed by atoms with E-state index in [2.05, 4.69) is 376 Å². The average molecular weight is 1300 g/mol. The molecule has 0 saturated heterocycles. The van der Waals surface area contributed by atoms with Crippen LogP contribution in [0.2, 0.25) is 0 Å². The second kappa shape index (κ2) is 24.2. The van der Waals surface area contributed by atoms with Crippen LogP contribution in [0.4, 0.5) is 0 Å². The van der Waals surface area contributed by atoms with Gasteiger partial charge in [-0.3, -0.25) is 0 Å². The Hall–Kier alpha value is -13.4. The summed E-state index contributed by atoms with van der Waals surface area (Å²) in [6.07, 6.45) is 0. The molecule has 2 heterocycles. The van der Waals surface area contributed by atoms with Crippen LogP contribution in [0.3, 0.4) is 0 Å². The van der Waals surface area contributed by atoms with Crippen molar-refractivity contribution in [1.82, 2.24) is 0 Å². The molecule has 474 valence electrons. The fraction of sp³-hybridized carbons (Fsp3) is 0. The van der Waals surface area contributed by atoms with E-state index in [1.54, 1.807) is 0 Å². The summed E-state index contributed by atoms with van der Waals surface area (Å²) in [6, 6.07) is 138. The fourth-order valence-electron chi connectivity index (χ4n) is 16.5. The normalized spacial score (nSPS) is 11.7. The summed E-state index contributed by atoms with van der Waals surface area (Å²) >= 11 is 0. The van der Waals surface area contributed by atoms with Crippen molar-refractivity contribution in [3.05, 3.63) is 376 Å². The van der Waals surface area contributed by atoms with Gasteiger partial charge in [0.15, 0.2) is 0 Å². The number of benzene rings is 18. The molecule has 0 saturated carbocycles. The number of hydrogen-bond acceptors (Lipinski definition) is 2. The standard InChI is InChI=1S/C100H62O2/c1-6-25-63(26-7-1)69-47-52-75(64-27-8-2-9-28-64)86(58-69)72-49-54-91-87(60-72)88-61-73(50-55-92(88)101-91)99-82-42-21-18-39-79(82)97(67-33-14-5-15-34-67)85-53-48-70(59-89(85)99)68-35-22-36-71(57-68)76-43-23-44-83(95(76)65-29-10-3-11-30-65)84-45-24-46-94-100(84)90-62-74(51-56-93(90)102-94)98-80-40-19-16-37-77(80)96(66-31-12-4-13-32-66)78-38-17-20-41-81(78)98/h1-62H. The zero-order valence-electron chi connectivity index (χ0n) is 55.6. The summed E-state index contributed by atoms with van der Waals surface area (Å²) < 4.78 is 13.7. The predicted octanol–water partition coefficient (Wildman–Crippen LogP) is 28.4. The highest BCUT2D eigenvalue weighted by atomic mass is 16.3. The first-order valence-electron chi connectivity index (χ1n) is 35.1. The third-order valence-corrected chi connectivity index (χ3v) is 21.1. The Bertz CT molecular complexity index is 6640. The Kier molecular flexibility index (Phi) is 14.0. The first-order valence-corrected chi connectivity index (χ1v) is 35.1. The highest BCUT2D eigenvalue weighted by Gasteiger charge is 2.25. The van der Waals surface area contributed by atoms with Crippen LogP contribution in [-0.2, 0) is 0 Å². The Labute approximate surface area is 590 Å². The van der Waals surface area contributed by atoms with Crippen molar-refractivity contribution in [3.63, 3.8) is 0 Å². The van der Waals surface area contributed by atoms with Crippen LogP contribution >= 0.6 is 0 Å². The minimum absolute atomic E-state index is 0.852. The van der Waals surface area contributed by atoms with E-state index in [-0.39, 0.29) is 0 Å². The van der Waals surface area contributed by atoms with E-state index in [1.807, 2.05) is 0 Å². The quantitative estimate of drug-likeness (QED) is 0.121. The molecule has 102 heavy (non-hydrogen) atoms. The number of furan rings is 2. The second-order valence-electron chi connectivity index (χ2n) is 26.8. The van der Waals surface area contributed by atoms with Crippen molar-refractivity contribution in [3.8, 4) is 122 Å². The summed E-state index contributed by atoms with van der Waals surface area (Å²) in [4.78, 5) is 0. The third kappa shape index (κ3) is 9.79. The zero-order valence-corrected chi connectivity index (χ0v) is 55.6. The maximum Gasteiger partial charge on any atom is 0.136 e. The lowest BCUT2D eigenvalue weighted by Crippen LogP contribution is -1.93. The van der Waals surface area contributed by atoms with Gasteiger partial charge < -0.3 is 8.83 Å². The van der Waals surface area contributed by atoms with Crippen LogP contribution in [0.5, 0.6) is 0 Å². The van der Waals surface area contributed by atoms with E-state index in [9.17, 15) is 0 Å². The molecule has 0 atom stereocenters. The number of fused-ring (bicyclic) bond motifs is 10. The molecule has 2 heteroatoms. The van der Waals surface area contributed by atoms with Gasteiger partial charge in [0.2, 0.25) is 0 Å². The summed E-state index contributed by atoms with van der Waals surface area (Å²) in [5, 5.41) is 14.0. The minimum Gasteiger partial charge on any atom is -0.456 e. The maximum absolute atomic E-state index is 6.88. The van der Waals surface area contributed by atoms with Crippen LogP contribution < -0.4 is 0 Å². The van der Waals surface area contributed by atoms with Gasteiger partial charge in [-0.1, -0.05) is 315 Å². The lowest BCUT2D eigenvalue weighted by atomic mass is 9.84. The van der Waals surface area contributed by atoms with Crippen molar-refractivity contribution >= 4 is 87.0 Å². The smallest absolute Gasteiger partial charge is 0.136 e. The molecule has 0 radical (unpaired) electrons. The van der Waals surface area contributed by atoms with Crippen LogP contribution in [0.15, 0.2) is 385 Å². The SMILES string of the molecule is c1ccc(-c2ccc(-c3ccccc3)c(-c3ccc4oc5ccc(-c6c7ccccc7c(-c7ccccc7)c7ccc(-c8cccc(-c9cccc(-c%10cccc%11oc%12ccc(-c%13c%14ccccc%14c(-c%14ccccc%14)c%14ccccc%13%14)cc%12c%10%11)c9-c9ccccc9)c8)cc67)cc5c4c3)c2)cc1. The van der Waals surface area contributed by atoms with Gasteiger partial charge >= 0.3 is 0 Å². The van der Waals surface area contributed by atoms with Gasteiger partial charge in [0.05, 0.1) is 0 Å².